The van der Waals surface area contributed by atoms with E-state index in [1.807, 2.05) is 0 Å². The van der Waals surface area contributed by atoms with Crippen molar-refractivity contribution >= 4 is 56.3 Å². The molecule has 3 heterocycles. The molecule has 2 aliphatic rings. The Morgan fingerprint density at radius 1 is 0.540 bits per heavy atom. The molecule has 8 aromatic rings. The molecule has 244 valence electrons. The van der Waals surface area contributed by atoms with Gasteiger partial charge in [0.25, 0.3) is 0 Å². The average Bonchev–Trinajstić information content (AvgIpc) is 3.78. The Morgan fingerprint density at radius 2 is 1.20 bits per heavy atom. The summed E-state index contributed by atoms with van der Waals surface area (Å²) in [4.78, 5) is 0. The van der Waals surface area contributed by atoms with E-state index in [0.29, 0.717) is 0 Å². The molecule has 50 heavy (non-hydrogen) atoms. The molecule has 1 saturated heterocycles. The number of fused-ring (bicyclic) bond motifs is 9. The van der Waals surface area contributed by atoms with Crippen LogP contribution in [0.5, 0.6) is 0 Å². The van der Waals surface area contributed by atoms with Gasteiger partial charge in [-0.25, -0.2) is 0 Å². The van der Waals surface area contributed by atoms with Gasteiger partial charge in [0.05, 0.1) is 27.9 Å². The zero-order chi connectivity index (χ0) is 34.2. The Morgan fingerprint density at radius 3 is 2.04 bits per heavy atom. The third-order valence-corrected chi connectivity index (χ3v) is 11.9. The van der Waals surface area contributed by atoms with Gasteiger partial charge in [0, 0.05) is 38.0 Å². The summed E-state index contributed by atoms with van der Waals surface area (Å²) in [6, 6.07) is 44.2. The van der Waals surface area contributed by atoms with Crippen molar-refractivity contribution in [2.75, 3.05) is 0 Å². The Labute approximate surface area is 292 Å². The second kappa shape index (κ2) is 10.00. The smallest absolute Gasteiger partial charge is 0.456 e. The normalized spacial score (nSPS) is 17.3. The monoisotopic (exact) mass is 651 g/mol. The summed E-state index contributed by atoms with van der Waals surface area (Å²) in [5.41, 5.74) is 13.0. The first kappa shape index (κ1) is 29.8. The molecule has 10 rings (SSSR count). The molecule has 1 aliphatic carbocycles. The fraction of sp³-hybridized carbons (Fsp3) is 0.200. The lowest BCUT2D eigenvalue weighted by molar-refractivity contribution is 0.00578. The molecule has 0 N–H and O–H groups in total. The zero-order valence-corrected chi connectivity index (χ0v) is 29.3. The number of para-hydroxylation sites is 2. The van der Waals surface area contributed by atoms with Gasteiger partial charge >= 0.3 is 7.12 Å². The number of rotatable bonds is 3. The van der Waals surface area contributed by atoms with Crippen molar-refractivity contribution in [3.63, 3.8) is 0 Å². The molecular formula is C45H38BNO3. The number of hydrogen-bond acceptors (Lipinski definition) is 3. The van der Waals surface area contributed by atoms with Crippen molar-refractivity contribution in [2.45, 2.75) is 58.2 Å². The lowest BCUT2D eigenvalue weighted by Gasteiger charge is -2.32. The van der Waals surface area contributed by atoms with Crippen molar-refractivity contribution in [2.24, 2.45) is 0 Å². The van der Waals surface area contributed by atoms with Gasteiger partial charge in [-0.1, -0.05) is 98.8 Å². The largest absolute Gasteiger partial charge is 0.498 e. The summed E-state index contributed by atoms with van der Waals surface area (Å²) in [6.07, 6.45) is 0. The van der Waals surface area contributed by atoms with Gasteiger partial charge in [-0.2, -0.15) is 0 Å². The van der Waals surface area contributed by atoms with Crippen LogP contribution in [-0.4, -0.2) is 22.9 Å². The molecule has 6 aromatic carbocycles. The first-order chi connectivity index (χ1) is 24.0. The molecule has 1 aliphatic heterocycles. The Kier molecular flexibility index (Phi) is 5.96. The molecule has 0 saturated carbocycles. The van der Waals surface area contributed by atoms with E-state index in [-0.39, 0.29) is 5.41 Å². The van der Waals surface area contributed by atoms with Gasteiger partial charge in [-0.3, -0.25) is 0 Å². The highest BCUT2D eigenvalue weighted by molar-refractivity contribution is 6.65. The molecule has 0 amide bonds. The molecule has 0 radical (unpaired) electrons. The molecule has 0 unspecified atom stereocenters. The highest BCUT2D eigenvalue weighted by Gasteiger charge is 2.52. The summed E-state index contributed by atoms with van der Waals surface area (Å²) >= 11 is 0. The summed E-state index contributed by atoms with van der Waals surface area (Å²) < 4.78 is 22.0. The maximum Gasteiger partial charge on any atom is 0.498 e. The number of aromatic nitrogens is 1. The number of hydrogen-bond donors (Lipinski definition) is 0. The van der Waals surface area contributed by atoms with Crippen LogP contribution in [0.2, 0.25) is 0 Å². The maximum atomic E-state index is 6.64. The molecule has 0 bridgehead atoms. The van der Waals surface area contributed by atoms with Gasteiger partial charge in [0.2, 0.25) is 0 Å². The predicted molar refractivity (Wildman–Crippen MR) is 207 cm³/mol. The second-order valence-corrected chi connectivity index (χ2v) is 15.6. The van der Waals surface area contributed by atoms with Crippen molar-refractivity contribution in [1.29, 1.82) is 0 Å². The van der Waals surface area contributed by atoms with Gasteiger partial charge in [-0.05, 0) is 91.9 Å². The number of furan rings is 1. The van der Waals surface area contributed by atoms with Crippen LogP contribution in [0.15, 0.2) is 126 Å². The Balaban J connectivity index is 1.12. The van der Waals surface area contributed by atoms with Gasteiger partial charge < -0.3 is 18.3 Å². The van der Waals surface area contributed by atoms with Crippen molar-refractivity contribution in [3.05, 3.63) is 132 Å². The summed E-state index contributed by atoms with van der Waals surface area (Å²) in [5, 5.41) is 4.62. The predicted octanol–water partition coefficient (Wildman–Crippen LogP) is 11.0. The molecule has 0 atom stereocenters. The molecule has 4 nitrogen and oxygen atoms in total. The molecule has 2 aromatic heterocycles. The van der Waals surface area contributed by atoms with Crippen LogP contribution in [0.4, 0.5) is 0 Å². The third kappa shape index (κ3) is 3.96. The second-order valence-electron chi connectivity index (χ2n) is 15.6. The van der Waals surface area contributed by atoms with E-state index >= 15 is 0 Å². The van der Waals surface area contributed by atoms with Crippen LogP contribution in [-0.2, 0) is 14.7 Å². The number of benzene rings is 6. The third-order valence-electron chi connectivity index (χ3n) is 11.9. The molecule has 5 heteroatoms. The Hall–Kier alpha value is -5.10. The SMILES string of the molecule is CC1(C)c2ccccc2-c2c(-n3c4ccccc4c4cc(-c5ccc6c(c5)oc5c(B7OC(C)(C)C(C)(C)O7)cccc56)ccc43)cccc21. The van der Waals surface area contributed by atoms with Crippen LogP contribution in [0.1, 0.15) is 52.7 Å². The minimum absolute atomic E-state index is 0.0613. The summed E-state index contributed by atoms with van der Waals surface area (Å²) in [5.74, 6) is 0. The quantitative estimate of drug-likeness (QED) is 0.178. The summed E-state index contributed by atoms with van der Waals surface area (Å²) in [6.45, 7) is 13.0. The first-order valence-electron chi connectivity index (χ1n) is 17.6. The van der Waals surface area contributed by atoms with Crippen molar-refractivity contribution in [3.8, 4) is 27.9 Å². The van der Waals surface area contributed by atoms with E-state index in [1.54, 1.807) is 0 Å². The highest BCUT2D eigenvalue weighted by Crippen LogP contribution is 2.51. The standard InChI is InChI=1S/C45H38BNO3/c1-43(2)34-16-9-7-14-32(34)41-35(43)17-12-20-39(41)47-37-19-10-8-13-29(37)33-25-27(22-24-38(33)47)28-21-23-30-31-15-11-18-36(42(31)48-40(30)26-28)46-49-44(3,4)45(5,6)50-46/h7-26H,1-6H3. The molecule has 1 fully saturated rings. The van der Waals surface area contributed by atoms with E-state index in [0.717, 1.165) is 38.5 Å². The lowest BCUT2D eigenvalue weighted by atomic mass is 9.78. The topological polar surface area (TPSA) is 36.5 Å². The van der Waals surface area contributed by atoms with Gasteiger partial charge in [-0.15, -0.1) is 0 Å². The van der Waals surface area contributed by atoms with Crippen molar-refractivity contribution in [1.82, 2.24) is 4.57 Å². The van der Waals surface area contributed by atoms with Crippen molar-refractivity contribution < 1.29 is 13.7 Å². The van der Waals surface area contributed by atoms with Gasteiger partial charge in [0.15, 0.2) is 0 Å². The first-order valence-corrected chi connectivity index (χ1v) is 17.6. The maximum absolute atomic E-state index is 6.64. The Bertz CT molecular complexity index is 2690. The van der Waals surface area contributed by atoms with Crippen LogP contribution >= 0.6 is 0 Å². The zero-order valence-electron chi connectivity index (χ0n) is 29.3. The average molecular weight is 652 g/mol. The van der Waals surface area contributed by atoms with Crippen LogP contribution in [0.3, 0.4) is 0 Å². The van der Waals surface area contributed by atoms with E-state index in [2.05, 4.69) is 167 Å². The van der Waals surface area contributed by atoms with Crippen LogP contribution < -0.4 is 5.46 Å². The van der Waals surface area contributed by atoms with E-state index in [4.69, 9.17) is 13.7 Å². The fourth-order valence-corrected chi connectivity index (χ4v) is 8.49. The fourth-order valence-electron chi connectivity index (χ4n) is 8.49. The minimum atomic E-state index is -0.492. The van der Waals surface area contributed by atoms with Gasteiger partial charge in [0.1, 0.15) is 11.2 Å². The van der Waals surface area contributed by atoms with Crippen LogP contribution in [0.25, 0.3) is 71.7 Å². The minimum Gasteiger partial charge on any atom is -0.456 e. The highest BCUT2D eigenvalue weighted by atomic mass is 16.7. The van der Waals surface area contributed by atoms with Crippen LogP contribution in [0, 0.1) is 0 Å². The lowest BCUT2D eigenvalue weighted by Crippen LogP contribution is -2.41. The van der Waals surface area contributed by atoms with E-state index in [1.165, 1.54) is 49.7 Å². The summed E-state index contributed by atoms with van der Waals surface area (Å²) in [7, 11) is -0.492. The number of nitrogens with zero attached hydrogens (tertiary/aromatic N) is 1. The molecule has 0 spiro atoms. The molecular weight excluding hydrogens is 613 g/mol. The van der Waals surface area contributed by atoms with E-state index < -0.39 is 18.3 Å². The van der Waals surface area contributed by atoms with E-state index in [9.17, 15) is 0 Å².